The van der Waals surface area contributed by atoms with Crippen molar-refractivity contribution in [1.29, 1.82) is 0 Å². The Kier molecular flexibility index (Phi) is 6.71. The topological polar surface area (TPSA) is 64.6 Å². The van der Waals surface area contributed by atoms with E-state index in [1.165, 1.54) is 24.3 Å². The van der Waals surface area contributed by atoms with Crippen LogP contribution >= 0.6 is 0 Å². The molecule has 0 saturated heterocycles. The zero-order valence-corrected chi connectivity index (χ0v) is 15.8. The Morgan fingerprint density at radius 2 is 1.69 bits per heavy atom. The van der Waals surface area contributed by atoms with Crippen molar-refractivity contribution < 1.29 is 23.5 Å². The Bertz CT molecular complexity index is 974. The first-order chi connectivity index (χ1) is 14.1. The number of carbonyl (C=O) groups excluding carboxylic acids is 2. The number of rotatable bonds is 7. The van der Waals surface area contributed by atoms with Crippen LogP contribution in [0.5, 0.6) is 0 Å². The van der Waals surface area contributed by atoms with Crippen molar-refractivity contribution in [2.75, 3.05) is 12.4 Å². The molecule has 0 aliphatic rings. The summed E-state index contributed by atoms with van der Waals surface area (Å²) in [5, 5.41) is 2.65. The van der Waals surface area contributed by atoms with Gasteiger partial charge in [0, 0.05) is 18.4 Å². The number of anilines is 1. The maximum Gasteiger partial charge on any atom is 0.339 e. The lowest BCUT2D eigenvalue weighted by atomic mass is 10.1. The van der Waals surface area contributed by atoms with Gasteiger partial charge < -0.3 is 14.8 Å². The number of methoxy groups -OCH3 is 1. The van der Waals surface area contributed by atoms with Crippen LogP contribution in [-0.4, -0.2) is 19.0 Å². The molecular weight excluding hydrogens is 373 g/mol. The van der Waals surface area contributed by atoms with Gasteiger partial charge in [-0.1, -0.05) is 42.5 Å². The smallest absolute Gasteiger partial charge is 0.339 e. The van der Waals surface area contributed by atoms with E-state index in [1.807, 2.05) is 6.07 Å². The molecule has 6 heteroatoms. The Balaban J connectivity index is 1.82. The lowest BCUT2D eigenvalue weighted by Crippen LogP contribution is -2.26. The van der Waals surface area contributed by atoms with Crippen LogP contribution in [0.2, 0.25) is 0 Å². The van der Waals surface area contributed by atoms with E-state index in [-0.39, 0.29) is 0 Å². The summed E-state index contributed by atoms with van der Waals surface area (Å²) < 4.78 is 23.7. The molecule has 0 unspecified atom stereocenters. The normalized spacial score (nSPS) is 11.5. The SMILES string of the molecule is COCc1cccc(C(=O)O[C@H](C(=O)Nc2ccc(F)cc2)c2ccccc2)c1. The molecular formula is C23H20FNO4. The van der Waals surface area contributed by atoms with Crippen LogP contribution in [0, 0.1) is 5.82 Å². The number of benzene rings is 3. The minimum Gasteiger partial charge on any atom is -0.444 e. The van der Waals surface area contributed by atoms with Gasteiger partial charge >= 0.3 is 5.97 Å². The van der Waals surface area contributed by atoms with Gasteiger partial charge in [-0.25, -0.2) is 9.18 Å². The van der Waals surface area contributed by atoms with Gasteiger partial charge in [-0.2, -0.15) is 0 Å². The summed E-state index contributed by atoms with van der Waals surface area (Å²) in [6.45, 7) is 0.355. The second kappa shape index (κ2) is 9.61. The number of hydrogen-bond donors (Lipinski definition) is 1. The van der Waals surface area contributed by atoms with E-state index >= 15 is 0 Å². The van der Waals surface area contributed by atoms with Gasteiger partial charge in [-0.05, 0) is 42.0 Å². The molecule has 3 aromatic carbocycles. The number of esters is 1. The number of amides is 1. The molecule has 3 rings (SSSR count). The third-order valence-corrected chi connectivity index (χ3v) is 4.15. The van der Waals surface area contributed by atoms with Gasteiger partial charge in [-0.15, -0.1) is 0 Å². The Hall–Kier alpha value is -3.51. The summed E-state index contributed by atoms with van der Waals surface area (Å²) in [7, 11) is 1.57. The zero-order chi connectivity index (χ0) is 20.6. The monoisotopic (exact) mass is 393 g/mol. The maximum atomic E-state index is 13.1. The highest BCUT2D eigenvalue weighted by molar-refractivity contribution is 5.98. The second-order valence-corrected chi connectivity index (χ2v) is 6.33. The molecule has 1 N–H and O–H groups in total. The summed E-state index contributed by atoms with van der Waals surface area (Å²) >= 11 is 0. The van der Waals surface area contributed by atoms with Crippen molar-refractivity contribution >= 4 is 17.6 Å². The fourth-order valence-corrected chi connectivity index (χ4v) is 2.77. The molecule has 148 valence electrons. The summed E-state index contributed by atoms with van der Waals surface area (Å²) in [5.41, 5.74) is 2.05. The van der Waals surface area contributed by atoms with Crippen LogP contribution in [0.4, 0.5) is 10.1 Å². The van der Waals surface area contributed by atoms with Gasteiger partial charge in [-0.3, -0.25) is 4.79 Å². The number of carbonyl (C=O) groups is 2. The molecule has 0 aliphatic carbocycles. The molecule has 0 aliphatic heterocycles. The van der Waals surface area contributed by atoms with E-state index in [4.69, 9.17) is 9.47 Å². The predicted molar refractivity (Wildman–Crippen MR) is 107 cm³/mol. The van der Waals surface area contributed by atoms with Crippen LogP contribution < -0.4 is 5.32 Å². The number of hydrogen-bond acceptors (Lipinski definition) is 4. The largest absolute Gasteiger partial charge is 0.444 e. The van der Waals surface area contributed by atoms with Gasteiger partial charge in [0.2, 0.25) is 6.10 Å². The highest BCUT2D eigenvalue weighted by Crippen LogP contribution is 2.22. The van der Waals surface area contributed by atoms with Crippen molar-refractivity contribution in [2.24, 2.45) is 0 Å². The fraction of sp³-hybridized carbons (Fsp3) is 0.130. The fourth-order valence-electron chi connectivity index (χ4n) is 2.77. The Morgan fingerprint density at radius 1 is 0.966 bits per heavy atom. The molecule has 29 heavy (non-hydrogen) atoms. The molecule has 5 nitrogen and oxygen atoms in total. The van der Waals surface area contributed by atoms with E-state index in [0.29, 0.717) is 23.4 Å². The molecule has 0 saturated carbocycles. The van der Waals surface area contributed by atoms with Crippen LogP contribution in [-0.2, 0) is 20.9 Å². The molecule has 0 radical (unpaired) electrons. The first-order valence-electron chi connectivity index (χ1n) is 8.97. The summed E-state index contributed by atoms with van der Waals surface area (Å²) in [4.78, 5) is 25.5. The highest BCUT2D eigenvalue weighted by Gasteiger charge is 2.26. The Labute approximate surface area is 168 Å². The van der Waals surface area contributed by atoms with E-state index in [1.54, 1.807) is 55.6 Å². The number of nitrogens with one attached hydrogen (secondary N) is 1. The van der Waals surface area contributed by atoms with E-state index in [9.17, 15) is 14.0 Å². The molecule has 0 fully saturated rings. The quantitative estimate of drug-likeness (QED) is 0.600. The Morgan fingerprint density at radius 3 is 2.38 bits per heavy atom. The lowest BCUT2D eigenvalue weighted by Gasteiger charge is -2.18. The summed E-state index contributed by atoms with van der Waals surface area (Å²) in [5.74, 6) is -1.58. The van der Waals surface area contributed by atoms with E-state index in [0.717, 1.165) is 5.56 Å². The minimum absolute atomic E-state index is 0.315. The summed E-state index contributed by atoms with van der Waals surface area (Å²) in [6, 6.07) is 20.9. The first-order valence-corrected chi connectivity index (χ1v) is 8.97. The number of halogens is 1. The van der Waals surface area contributed by atoms with Crippen LogP contribution in [0.15, 0.2) is 78.9 Å². The highest BCUT2D eigenvalue weighted by atomic mass is 19.1. The van der Waals surface area contributed by atoms with Crippen LogP contribution in [0.25, 0.3) is 0 Å². The molecule has 0 heterocycles. The molecule has 1 amide bonds. The number of ether oxygens (including phenoxy) is 2. The van der Waals surface area contributed by atoms with E-state index in [2.05, 4.69) is 5.32 Å². The van der Waals surface area contributed by atoms with E-state index < -0.39 is 23.8 Å². The minimum atomic E-state index is -1.17. The van der Waals surface area contributed by atoms with Gasteiger partial charge in [0.15, 0.2) is 0 Å². The van der Waals surface area contributed by atoms with Gasteiger partial charge in [0.05, 0.1) is 12.2 Å². The summed E-state index contributed by atoms with van der Waals surface area (Å²) in [6.07, 6.45) is -1.17. The maximum absolute atomic E-state index is 13.1. The average molecular weight is 393 g/mol. The first kappa shape index (κ1) is 20.2. The standard InChI is InChI=1S/C23H20FNO4/c1-28-15-16-6-5-9-18(14-16)23(27)29-21(17-7-3-2-4-8-17)22(26)25-20-12-10-19(24)11-13-20/h2-14,21H,15H2,1H3,(H,25,26)/t21-/m0/s1. The van der Waals surface area contributed by atoms with Crippen molar-refractivity contribution in [2.45, 2.75) is 12.7 Å². The van der Waals surface area contributed by atoms with Crippen molar-refractivity contribution in [1.82, 2.24) is 0 Å². The third kappa shape index (κ3) is 5.49. The predicted octanol–water partition coefficient (Wildman–Crippen LogP) is 4.51. The van der Waals surface area contributed by atoms with Crippen LogP contribution in [0.3, 0.4) is 0 Å². The van der Waals surface area contributed by atoms with Crippen molar-refractivity contribution in [3.63, 3.8) is 0 Å². The lowest BCUT2D eigenvalue weighted by molar-refractivity contribution is -0.125. The molecule has 0 bridgehead atoms. The average Bonchev–Trinajstić information content (AvgIpc) is 2.74. The molecule has 1 atom stereocenters. The second-order valence-electron chi connectivity index (χ2n) is 6.33. The zero-order valence-electron chi connectivity index (χ0n) is 15.8. The van der Waals surface area contributed by atoms with Crippen LogP contribution in [0.1, 0.15) is 27.6 Å². The van der Waals surface area contributed by atoms with Gasteiger partial charge in [0.25, 0.3) is 5.91 Å². The molecule has 0 aromatic heterocycles. The van der Waals surface area contributed by atoms with Crippen molar-refractivity contribution in [3.8, 4) is 0 Å². The molecule has 0 spiro atoms. The van der Waals surface area contributed by atoms with Gasteiger partial charge in [0.1, 0.15) is 5.82 Å². The third-order valence-electron chi connectivity index (χ3n) is 4.15. The van der Waals surface area contributed by atoms with Crippen molar-refractivity contribution in [3.05, 3.63) is 101 Å². The molecule has 3 aromatic rings.